The van der Waals surface area contributed by atoms with Gasteiger partial charge >= 0.3 is 0 Å². The molecule has 6 heteroatoms. The lowest BCUT2D eigenvalue weighted by Gasteiger charge is -2.11. The van der Waals surface area contributed by atoms with E-state index in [4.69, 9.17) is 9.72 Å². The molecular formula is C23H20BrN3O2. The number of nitrogens with zero attached hydrogens (tertiary/aromatic N) is 2. The molecular weight excluding hydrogens is 430 g/mol. The van der Waals surface area contributed by atoms with E-state index >= 15 is 0 Å². The summed E-state index contributed by atoms with van der Waals surface area (Å²) < 4.78 is 8.13. The Morgan fingerprint density at radius 3 is 2.48 bits per heavy atom. The van der Waals surface area contributed by atoms with Crippen LogP contribution in [0.3, 0.4) is 0 Å². The van der Waals surface area contributed by atoms with Crippen LogP contribution in [0.15, 0.2) is 77.3 Å². The predicted octanol–water partition coefficient (Wildman–Crippen LogP) is 4.79. The van der Waals surface area contributed by atoms with Crippen LogP contribution in [-0.2, 0) is 17.9 Å². The van der Waals surface area contributed by atoms with Crippen molar-refractivity contribution in [3.8, 4) is 17.1 Å². The van der Waals surface area contributed by atoms with Gasteiger partial charge in [0.25, 0.3) is 0 Å². The van der Waals surface area contributed by atoms with Crippen LogP contribution in [0, 0.1) is 0 Å². The van der Waals surface area contributed by atoms with Crippen LogP contribution >= 0.6 is 15.9 Å². The highest BCUT2D eigenvalue weighted by atomic mass is 79.9. The van der Waals surface area contributed by atoms with E-state index in [1.807, 2.05) is 77.4 Å². The summed E-state index contributed by atoms with van der Waals surface area (Å²) in [6.45, 7) is 0.658. The van der Waals surface area contributed by atoms with Gasteiger partial charge in [-0.1, -0.05) is 52.3 Å². The quantitative estimate of drug-likeness (QED) is 0.460. The molecule has 3 aromatic carbocycles. The number of amides is 1. The van der Waals surface area contributed by atoms with Crippen LogP contribution in [-0.4, -0.2) is 22.6 Å². The molecule has 0 spiro atoms. The fourth-order valence-electron chi connectivity index (χ4n) is 3.20. The smallest absolute Gasteiger partial charge is 0.240 e. The number of carbonyl (C=O) groups is 1. The van der Waals surface area contributed by atoms with Gasteiger partial charge in [-0.25, -0.2) is 4.98 Å². The number of halogens is 1. The highest BCUT2D eigenvalue weighted by Gasteiger charge is 2.15. The molecule has 0 aliphatic heterocycles. The maximum absolute atomic E-state index is 12.7. The predicted molar refractivity (Wildman–Crippen MR) is 118 cm³/mol. The summed E-state index contributed by atoms with van der Waals surface area (Å²) >= 11 is 3.46. The van der Waals surface area contributed by atoms with Crippen LogP contribution in [0.1, 0.15) is 5.56 Å². The van der Waals surface area contributed by atoms with Crippen LogP contribution in [0.25, 0.3) is 22.4 Å². The van der Waals surface area contributed by atoms with E-state index in [2.05, 4.69) is 21.2 Å². The maximum Gasteiger partial charge on any atom is 0.240 e. The number of hydrogen-bond acceptors (Lipinski definition) is 3. The minimum atomic E-state index is -0.0673. The molecule has 0 saturated heterocycles. The van der Waals surface area contributed by atoms with Crippen molar-refractivity contribution >= 4 is 32.9 Å². The highest BCUT2D eigenvalue weighted by molar-refractivity contribution is 9.10. The summed E-state index contributed by atoms with van der Waals surface area (Å²) in [5.41, 5.74) is 3.79. The second-order valence-corrected chi connectivity index (χ2v) is 7.56. The maximum atomic E-state index is 12.7. The Labute approximate surface area is 177 Å². The van der Waals surface area contributed by atoms with Gasteiger partial charge in [-0.15, -0.1) is 0 Å². The summed E-state index contributed by atoms with van der Waals surface area (Å²) in [4.78, 5) is 17.5. The van der Waals surface area contributed by atoms with Crippen molar-refractivity contribution in [3.05, 3.63) is 82.8 Å². The standard InChI is InChI=1S/C23H20BrN3O2/c1-29-19-12-6-16(7-13-19)14-25-22(28)15-27-21-5-3-2-4-20(21)26-23(27)17-8-10-18(24)11-9-17/h2-13H,14-15H2,1H3,(H,25,28). The van der Waals surface area contributed by atoms with Crippen LogP contribution in [0.2, 0.25) is 0 Å². The van der Waals surface area contributed by atoms with E-state index in [0.29, 0.717) is 6.54 Å². The van der Waals surface area contributed by atoms with Gasteiger partial charge in [0.2, 0.25) is 5.91 Å². The molecule has 0 bridgehead atoms. The van der Waals surface area contributed by atoms with Gasteiger partial charge in [0.1, 0.15) is 18.1 Å². The minimum Gasteiger partial charge on any atom is -0.497 e. The van der Waals surface area contributed by atoms with Crippen LogP contribution < -0.4 is 10.1 Å². The molecule has 0 unspecified atom stereocenters. The van der Waals surface area contributed by atoms with Gasteiger partial charge in [-0.05, 0) is 42.0 Å². The number of nitrogens with one attached hydrogen (secondary N) is 1. The summed E-state index contributed by atoms with van der Waals surface area (Å²) in [5, 5.41) is 2.99. The summed E-state index contributed by atoms with van der Waals surface area (Å²) in [6, 6.07) is 23.5. The molecule has 5 nitrogen and oxygen atoms in total. The molecule has 1 amide bonds. The molecule has 4 aromatic rings. The lowest BCUT2D eigenvalue weighted by atomic mass is 10.2. The lowest BCUT2D eigenvalue weighted by Crippen LogP contribution is -2.27. The molecule has 0 saturated carbocycles. The van der Waals surface area contributed by atoms with Crippen LogP contribution in [0.4, 0.5) is 0 Å². The molecule has 29 heavy (non-hydrogen) atoms. The van der Waals surface area contributed by atoms with Crippen molar-refractivity contribution in [1.29, 1.82) is 0 Å². The zero-order valence-electron chi connectivity index (χ0n) is 15.9. The van der Waals surface area contributed by atoms with Gasteiger partial charge in [0, 0.05) is 16.6 Å². The number of aromatic nitrogens is 2. The molecule has 4 rings (SSSR count). The van der Waals surface area contributed by atoms with Gasteiger partial charge in [0.15, 0.2) is 0 Å². The SMILES string of the molecule is COc1ccc(CNC(=O)Cn2c(-c3ccc(Br)cc3)nc3ccccc32)cc1. The summed E-state index contributed by atoms with van der Waals surface area (Å²) in [7, 11) is 1.63. The molecule has 146 valence electrons. The Balaban J connectivity index is 1.56. The molecule has 0 aliphatic rings. The number of benzene rings is 3. The van der Waals surface area contributed by atoms with E-state index in [1.54, 1.807) is 7.11 Å². The average molecular weight is 450 g/mol. The van der Waals surface area contributed by atoms with Gasteiger partial charge in [0.05, 0.1) is 18.1 Å². The Bertz CT molecular complexity index is 1140. The number of rotatable bonds is 6. The number of carbonyl (C=O) groups excluding carboxylic acids is 1. The van der Waals surface area contributed by atoms with Gasteiger partial charge in [-0.3, -0.25) is 4.79 Å². The van der Waals surface area contributed by atoms with Crippen molar-refractivity contribution in [1.82, 2.24) is 14.9 Å². The van der Waals surface area contributed by atoms with E-state index in [0.717, 1.165) is 38.2 Å². The fraction of sp³-hybridized carbons (Fsp3) is 0.130. The molecule has 0 fully saturated rings. The molecule has 1 heterocycles. The number of imidazole rings is 1. The minimum absolute atomic E-state index is 0.0673. The number of hydrogen-bond donors (Lipinski definition) is 1. The Kier molecular flexibility index (Phi) is 5.62. The number of ether oxygens (including phenoxy) is 1. The van der Waals surface area contributed by atoms with E-state index in [9.17, 15) is 4.79 Å². The van der Waals surface area contributed by atoms with Crippen molar-refractivity contribution < 1.29 is 9.53 Å². The normalized spacial score (nSPS) is 10.8. The van der Waals surface area contributed by atoms with Gasteiger partial charge in [-0.2, -0.15) is 0 Å². The van der Waals surface area contributed by atoms with E-state index in [-0.39, 0.29) is 12.5 Å². The molecule has 0 aliphatic carbocycles. The third-order valence-corrected chi connectivity index (χ3v) is 5.24. The molecule has 1 aromatic heterocycles. The third-order valence-electron chi connectivity index (χ3n) is 4.71. The highest BCUT2D eigenvalue weighted by Crippen LogP contribution is 2.26. The lowest BCUT2D eigenvalue weighted by molar-refractivity contribution is -0.121. The van der Waals surface area contributed by atoms with E-state index in [1.165, 1.54) is 0 Å². The first kappa shape index (κ1) is 19.2. The largest absolute Gasteiger partial charge is 0.497 e. The second-order valence-electron chi connectivity index (χ2n) is 6.64. The zero-order chi connectivity index (χ0) is 20.2. The average Bonchev–Trinajstić information content (AvgIpc) is 3.11. The first-order chi connectivity index (χ1) is 14.1. The molecule has 1 N–H and O–H groups in total. The number of methoxy groups -OCH3 is 1. The first-order valence-electron chi connectivity index (χ1n) is 9.25. The Morgan fingerprint density at radius 1 is 1.03 bits per heavy atom. The van der Waals surface area contributed by atoms with Crippen molar-refractivity contribution in [2.24, 2.45) is 0 Å². The van der Waals surface area contributed by atoms with Crippen molar-refractivity contribution in [2.75, 3.05) is 7.11 Å². The Hall–Kier alpha value is -3.12. The molecule has 0 radical (unpaired) electrons. The number of para-hydroxylation sites is 2. The van der Waals surface area contributed by atoms with Crippen molar-refractivity contribution in [2.45, 2.75) is 13.1 Å². The topological polar surface area (TPSA) is 56.1 Å². The monoisotopic (exact) mass is 449 g/mol. The van der Waals surface area contributed by atoms with E-state index < -0.39 is 0 Å². The summed E-state index contributed by atoms with van der Waals surface area (Å²) in [5.74, 6) is 1.50. The Morgan fingerprint density at radius 2 is 1.76 bits per heavy atom. The second kappa shape index (κ2) is 8.49. The van der Waals surface area contributed by atoms with Gasteiger partial charge < -0.3 is 14.6 Å². The summed E-state index contributed by atoms with van der Waals surface area (Å²) in [6.07, 6.45) is 0. The number of fused-ring (bicyclic) bond motifs is 1. The molecule has 0 atom stereocenters. The first-order valence-corrected chi connectivity index (χ1v) is 10.0. The third kappa shape index (κ3) is 4.32. The van der Waals surface area contributed by atoms with Crippen LogP contribution in [0.5, 0.6) is 5.75 Å². The fourth-order valence-corrected chi connectivity index (χ4v) is 3.46. The van der Waals surface area contributed by atoms with Crippen molar-refractivity contribution in [3.63, 3.8) is 0 Å². The zero-order valence-corrected chi connectivity index (χ0v) is 17.5.